The Morgan fingerprint density at radius 3 is 2.62 bits per heavy atom. The fourth-order valence-electron chi connectivity index (χ4n) is 3.53. The highest BCUT2D eigenvalue weighted by molar-refractivity contribution is 6.06. The molecule has 5 nitrogen and oxygen atoms in total. The van der Waals surface area contributed by atoms with Gasteiger partial charge in [-0.1, -0.05) is 0 Å². The summed E-state index contributed by atoms with van der Waals surface area (Å²) in [7, 11) is 1.60. The number of nitrogen functional groups attached to an aromatic ring is 1. The van der Waals surface area contributed by atoms with Gasteiger partial charge < -0.3 is 20.7 Å². The van der Waals surface area contributed by atoms with Crippen molar-refractivity contribution in [3.63, 3.8) is 0 Å². The number of rotatable bonds is 4. The van der Waals surface area contributed by atoms with E-state index in [2.05, 4.69) is 24.1 Å². The summed E-state index contributed by atoms with van der Waals surface area (Å²) < 4.78 is 5.14. The molecule has 5 heteroatoms. The van der Waals surface area contributed by atoms with Gasteiger partial charge in [-0.05, 0) is 75.1 Å². The quantitative estimate of drug-likeness (QED) is 0.808. The maximum atomic E-state index is 12.6. The summed E-state index contributed by atoms with van der Waals surface area (Å²) in [5.41, 5.74) is 10.3. The predicted octanol–water partition coefficient (Wildman–Crippen LogP) is 4.22. The third-order valence-electron chi connectivity index (χ3n) is 5.08. The second-order valence-electron chi connectivity index (χ2n) is 6.95. The molecule has 0 radical (unpaired) electrons. The molecule has 1 aliphatic heterocycles. The van der Waals surface area contributed by atoms with E-state index in [1.54, 1.807) is 31.4 Å². The molecule has 1 aliphatic rings. The van der Waals surface area contributed by atoms with Gasteiger partial charge in [-0.3, -0.25) is 4.79 Å². The molecule has 1 atom stereocenters. The standard InChI is InChI=1S/C21H27N3O2/c1-14-12-18(22)19(13-20(14)24-11-5-4-6-15(24)2)23-21(25)16-7-9-17(26-3)10-8-16/h7-10,12-13,15H,4-6,11,22H2,1-3H3,(H,23,25)/t15-/m1/s1. The van der Waals surface area contributed by atoms with Gasteiger partial charge in [0.05, 0.1) is 18.5 Å². The fraction of sp³-hybridized carbons (Fsp3) is 0.381. The van der Waals surface area contributed by atoms with Crippen LogP contribution in [0.25, 0.3) is 0 Å². The molecule has 0 aliphatic carbocycles. The first-order valence-corrected chi connectivity index (χ1v) is 9.11. The first-order valence-electron chi connectivity index (χ1n) is 9.11. The number of piperidine rings is 1. The van der Waals surface area contributed by atoms with Crippen LogP contribution in [0.3, 0.4) is 0 Å². The molecule has 138 valence electrons. The normalized spacial score (nSPS) is 17.0. The zero-order valence-corrected chi connectivity index (χ0v) is 15.7. The highest BCUT2D eigenvalue weighted by atomic mass is 16.5. The smallest absolute Gasteiger partial charge is 0.255 e. The molecule has 0 spiro atoms. The molecule has 0 bridgehead atoms. The molecule has 1 fully saturated rings. The minimum atomic E-state index is -0.180. The monoisotopic (exact) mass is 353 g/mol. The number of benzene rings is 2. The fourth-order valence-corrected chi connectivity index (χ4v) is 3.53. The Kier molecular flexibility index (Phi) is 5.35. The minimum absolute atomic E-state index is 0.180. The van der Waals surface area contributed by atoms with E-state index in [9.17, 15) is 4.79 Å². The van der Waals surface area contributed by atoms with E-state index in [-0.39, 0.29) is 5.91 Å². The topological polar surface area (TPSA) is 67.6 Å². The number of carbonyl (C=O) groups excluding carboxylic acids is 1. The van der Waals surface area contributed by atoms with Gasteiger partial charge in [0.15, 0.2) is 0 Å². The number of methoxy groups -OCH3 is 1. The Balaban J connectivity index is 1.84. The number of amides is 1. The lowest BCUT2D eigenvalue weighted by Gasteiger charge is -2.36. The molecule has 0 aromatic heterocycles. The van der Waals surface area contributed by atoms with Crippen LogP contribution in [0.4, 0.5) is 17.1 Å². The molecule has 26 heavy (non-hydrogen) atoms. The van der Waals surface area contributed by atoms with E-state index in [0.29, 0.717) is 23.0 Å². The Morgan fingerprint density at radius 2 is 1.96 bits per heavy atom. The molecule has 0 saturated carbocycles. The lowest BCUT2D eigenvalue weighted by atomic mass is 10.0. The molecule has 2 aromatic rings. The maximum Gasteiger partial charge on any atom is 0.255 e. The number of ether oxygens (including phenoxy) is 1. The van der Waals surface area contributed by atoms with Crippen LogP contribution in [0, 0.1) is 6.92 Å². The second kappa shape index (κ2) is 7.68. The molecule has 3 N–H and O–H groups in total. The number of hydrogen-bond acceptors (Lipinski definition) is 4. The van der Waals surface area contributed by atoms with Crippen molar-refractivity contribution in [2.45, 2.75) is 39.2 Å². The summed E-state index contributed by atoms with van der Waals surface area (Å²) in [6.45, 7) is 5.37. The van der Waals surface area contributed by atoms with E-state index in [0.717, 1.165) is 23.5 Å². The summed E-state index contributed by atoms with van der Waals surface area (Å²) in [5, 5.41) is 2.95. The number of nitrogens with zero attached hydrogens (tertiary/aromatic N) is 1. The Bertz CT molecular complexity index is 787. The highest BCUT2D eigenvalue weighted by Gasteiger charge is 2.21. The third-order valence-corrected chi connectivity index (χ3v) is 5.08. The number of nitrogens with one attached hydrogen (secondary N) is 1. The minimum Gasteiger partial charge on any atom is -0.497 e. The summed E-state index contributed by atoms with van der Waals surface area (Å²) >= 11 is 0. The van der Waals surface area contributed by atoms with Crippen LogP contribution in [0.1, 0.15) is 42.1 Å². The van der Waals surface area contributed by atoms with Gasteiger partial charge in [0.2, 0.25) is 0 Å². The molecule has 2 aromatic carbocycles. The van der Waals surface area contributed by atoms with Crippen molar-refractivity contribution in [2.24, 2.45) is 0 Å². The first kappa shape index (κ1) is 18.1. The van der Waals surface area contributed by atoms with E-state index >= 15 is 0 Å². The maximum absolute atomic E-state index is 12.6. The van der Waals surface area contributed by atoms with Crippen molar-refractivity contribution < 1.29 is 9.53 Å². The van der Waals surface area contributed by atoms with Gasteiger partial charge in [-0.25, -0.2) is 0 Å². The van der Waals surface area contributed by atoms with Gasteiger partial charge in [0.1, 0.15) is 5.75 Å². The van der Waals surface area contributed by atoms with Crippen molar-refractivity contribution in [2.75, 3.05) is 29.6 Å². The average Bonchev–Trinajstić information content (AvgIpc) is 2.64. The number of aryl methyl sites for hydroxylation is 1. The van der Waals surface area contributed by atoms with Crippen LogP contribution in [0.2, 0.25) is 0 Å². The van der Waals surface area contributed by atoms with Crippen molar-refractivity contribution in [3.8, 4) is 5.75 Å². The van der Waals surface area contributed by atoms with Crippen molar-refractivity contribution in [1.29, 1.82) is 0 Å². The predicted molar refractivity (Wildman–Crippen MR) is 107 cm³/mol. The molecule has 3 rings (SSSR count). The molecular weight excluding hydrogens is 326 g/mol. The Morgan fingerprint density at radius 1 is 1.23 bits per heavy atom. The van der Waals surface area contributed by atoms with Gasteiger partial charge in [-0.2, -0.15) is 0 Å². The van der Waals surface area contributed by atoms with E-state index < -0.39 is 0 Å². The van der Waals surface area contributed by atoms with Crippen LogP contribution in [-0.4, -0.2) is 25.6 Å². The Labute approximate surface area is 155 Å². The molecule has 1 amide bonds. The average molecular weight is 353 g/mol. The largest absolute Gasteiger partial charge is 0.497 e. The van der Waals surface area contributed by atoms with Crippen molar-refractivity contribution in [1.82, 2.24) is 0 Å². The zero-order chi connectivity index (χ0) is 18.7. The molecular formula is C21H27N3O2. The summed E-state index contributed by atoms with van der Waals surface area (Å²) in [6, 6.07) is 11.5. The van der Waals surface area contributed by atoms with Crippen LogP contribution >= 0.6 is 0 Å². The molecule has 1 saturated heterocycles. The van der Waals surface area contributed by atoms with E-state index in [1.807, 2.05) is 12.1 Å². The molecule has 1 heterocycles. The Hall–Kier alpha value is -2.69. The van der Waals surface area contributed by atoms with E-state index in [4.69, 9.17) is 10.5 Å². The summed E-state index contributed by atoms with van der Waals surface area (Å²) in [4.78, 5) is 15.0. The van der Waals surface area contributed by atoms with Gasteiger partial charge in [0.25, 0.3) is 5.91 Å². The highest BCUT2D eigenvalue weighted by Crippen LogP contribution is 2.33. The number of nitrogens with two attached hydrogens (primary N) is 1. The SMILES string of the molecule is COc1ccc(C(=O)Nc2cc(N3CCCC[C@H]3C)c(C)cc2N)cc1. The summed E-state index contributed by atoms with van der Waals surface area (Å²) in [6.07, 6.45) is 3.66. The van der Waals surface area contributed by atoms with Crippen molar-refractivity contribution in [3.05, 3.63) is 47.5 Å². The summed E-state index contributed by atoms with van der Waals surface area (Å²) in [5.74, 6) is 0.540. The van der Waals surface area contributed by atoms with Gasteiger partial charge >= 0.3 is 0 Å². The first-order chi connectivity index (χ1) is 12.5. The molecule has 0 unspecified atom stereocenters. The lowest BCUT2D eigenvalue weighted by Crippen LogP contribution is -2.37. The van der Waals surface area contributed by atoms with Crippen molar-refractivity contribution >= 4 is 23.0 Å². The number of anilines is 3. The van der Waals surface area contributed by atoms with Gasteiger partial charge in [0, 0.05) is 23.8 Å². The third kappa shape index (κ3) is 3.77. The van der Waals surface area contributed by atoms with Gasteiger partial charge in [-0.15, -0.1) is 0 Å². The lowest BCUT2D eigenvalue weighted by molar-refractivity contribution is 0.102. The van der Waals surface area contributed by atoms with Crippen LogP contribution in [-0.2, 0) is 0 Å². The number of hydrogen-bond donors (Lipinski definition) is 2. The van der Waals surface area contributed by atoms with Crippen LogP contribution < -0.4 is 20.7 Å². The number of carbonyl (C=O) groups is 1. The van der Waals surface area contributed by atoms with E-state index in [1.165, 1.54) is 19.3 Å². The van der Waals surface area contributed by atoms with Crippen LogP contribution in [0.15, 0.2) is 36.4 Å². The zero-order valence-electron chi connectivity index (χ0n) is 15.7. The van der Waals surface area contributed by atoms with Crippen LogP contribution in [0.5, 0.6) is 5.75 Å². The second-order valence-corrected chi connectivity index (χ2v) is 6.95.